The van der Waals surface area contributed by atoms with Gasteiger partial charge in [0.25, 0.3) is 0 Å². The maximum absolute atomic E-state index is 11.8. The number of amides is 1. The Kier molecular flexibility index (Phi) is 4.59. The standard InChI is InChI=1S/C16H24N2O/c1-11(2)18-16(19)12(3)17-10-14-6-4-5-7-15(14)13-8-9-13/h4-7,11-13,17H,8-10H2,1-3H3,(H,18,19). The largest absolute Gasteiger partial charge is 0.353 e. The van der Waals surface area contributed by atoms with Crippen LogP contribution in [0.1, 0.15) is 50.7 Å². The van der Waals surface area contributed by atoms with Crippen LogP contribution in [0.25, 0.3) is 0 Å². The summed E-state index contributed by atoms with van der Waals surface area (Å²) in [6.45, 7) is 6.64. The van der Waals surface area contributed by atoms with Crippen LogP contribution in [-0.4, -0.2) is 18.0 Å². The molecule has 1 aliphatic rings. The van der Waals surface area contributed by atoms with E-state index in [4.69, 9.17) is 0 Å². The van der Waals surface area contributed by atoms with Gasteiger partial charge in [-0.25, -0.2) is 0 Å². The highest BCUT2D eigenvalue weighted by Gasteiger charge is 2.25. The summed E-state index contributed by atoms with van der Waals surface area (Å²) in [4.78, 5) is 11.8. The smallest absolute Gasteiger partial charge is 0.237 e. The van der Waals surface area contributed by atoms with Gasteiger partial charge in [0.05, 0.1) is 6.04 Å². The molecule has 0 heterocycles. The SMILES string of the molecule is CC(C)NC(=O)C(C)NCc1ccccc1C1CC1. The van der Waals surface area contributed by atoms with E-state index in [1.54, 1.807) is 0 Å². The Morgan fingerprint density at radius 1 is 1.26 bits per heavy atom. The van der Waals surface area contributed by atoms with Crippen LogP contribution in [-0.2, 0) is 11.3 Å². The van der Waals surface area contributed by atoms with Crippen LogP contribution in [0.4, 0.5) is 0 Å². The van der Waals surface area contributed by atoms with Gasteiger partial charge >= 0.3 is 0 Å². The molecule has 3 heteroatoms. The van der Waals surface area contributed by atoms with Crippen molar-refractivity contribution in [3.63, 3.8) is 0 Å². The molecule has 0 radical (unpaired) electrons. The minimum absolute atomic E-state index is 0.0684. The van der Waals surface area contributed by atoms with Crippen molar-refractivity contribution in [3.8, 4) is 0 Å². The molecule has 1 unspecified atom stereocenters. The Morgan fingerprint density at radius 2 is 1.95 bits per heavy atom. The van der Waals surface area contributed by atoms with E-state index in [-0.39, 0.29) is 18.0 Å². The van der Waals surface area contributed by atoms with Crippen molar-refractivity contribution < 1.29 is 4.79 Å². The topological polar surface area (TPSA) is 41.1 Å². The van der Waals surface area contributed by atoms with E-state index in [1.807, 2.05) is 20.8 Å². The number of hydrogen-bond donors (Lipinski definition) is 2. The molecule has 19 heavy (non-hydrogen) atoms. The molecule has 0 bridgehead atoms. The number of benzene rings is 1. The highest BCUT2D eigenvalue weighted by molar-refractivity contribution is 5.81. The third kappa shape index (κ3) is 4.06. The lowest BCUT2D eigenvalue weighted by Crippen LogP contribution is -2.44. The van der Waals surface area contributed by atoms with Gasteiger partial charge in [0, 0.05) is 12.6 Å². The highest BCUT2D eigenvalue weighted by Crippen LogP contribution is 2.41. The monoisotopic (exact) mass is 260 g/mol. The quantitative estimate of drug-likeness (QED) is 0.825. The molecule has 0 aliphatic heterocycles. The molecule has 3 nitrogen and oxygen atoms in total. The number of nitrogens with one attached hydrogen (secondary N) is 2. The van der Waals surface area contributed by atoms with Gasteiger partial charge in [0.1, 0.15) is 0 Å². The van der Waals surface area contributed by atoms with E-state index in [2.05, 4.69) is 34.9 Å². The van der Waals surface area contributed by atoms with E-state index >= 15 is 0 Å². The lowest BCUT2D eigenvalue weighted by Gasteiger charge is -2.17. The van der Waals surface area contributed by atoms with Crippen molar-refractivity contribution in [2.45, 2.75) is 58.2 Å². The lowest BCUT2D eigenvalue weighted by molar-refractivity contribution is -0.123. The maximum atomic E-state index is 11.8. The summed E-state index contributed by atoms with van der Waals surface area (Å²) in [6.07, 6.45) is 2.61. The summed E-state index contributed by atoms with van der Waals surface area (Å²) >= 11 is 0. The van der Waals surface area contributed by atoms with Gasteiger partial charge in [0.2, 0.25) is 5.91 Å². The third-order valence-electron chi connectivity index (χ3n) is 3.50. The maximum Gasteiger partial charge on any atom is 0.237 e. The predicted octanol–water partition coefficient (Wildman–Crippen LogP) is 2.57. The van der Waals surface area contributed by atoms with E-state index in [1.165, 1.54) is 24.0 Å². The zero-order chi connectivity index (χ0) is 13.8. The van der Waals surface area contributed by atoms with Gasteiger partial charge < -0.3 is 10.6 Å². The molecule has 1 aromatic rings. The molecule has 0 aromatic heterocycles. The predicted molar refractivity (Wildman–Crippen MR) is 78.0 cm³/mol. The van der Waals surface area contributed by atoms with Gasteiger partial charge in [0.15, 0.2) is 0 Å². The molecule has 0 saturated heterocycles. The molecule has 1 amide bonds. The average molecular weight is 260 g/mol. The normalized spacial score (nSPS) is 16.4. The number of rotatable bonds is 6. The second-order valence-electron chi connectivity index (χ2n) is 5.74. The second-order valence-corrected chi connectivity index (χ2v) is 5.74. The molecule has 2 rings (SSSR count). The van der Waals surface area contributed by atoms with Crippen LogP contribution in [0.3, 0.4) is 0 Å². The minimum Gasteiger partial charge on any atom is -0.353 e. The molecule has 104 valence electrons. The summed E-state index contributed by atoms with van der Waals surface area (Å²) in [5, 5.41) is 6.24. The van der Waals surface area contributed by atoms with Gasteiger partial charge in [-0.3, -0.25) is 4.79 Å². The van der Waals surface area contributed by atoms with Gasteiger partial charge in [-0.2, -0.15) is 0 Å². The number of hydrogen-bond acceptors (Lipinski definition) is 2. The van der Waals surface area contributed by atoms with E-state index in [0.29, 0.717) is 0 Å². The molecular weight excluding hydrogens is 236 g/mol. The zero-order valence-corrected chi connectivity index (χ0v) is 12.1. The molecule has 2 N–H and O–H groups in total. The Labute approximate surface area is 115 Å². The van der Waals surface area contributed by atoms with Crippen molar-refractivity contribution in [2.24, 2.45) is 0 Å². The van der Waals surface area contributed by atoms with Gasteiger partial charge in [-0.1, -0.05) is 24.3 Å². The van der Waals surface area contributed by atoms with Crippen molar-refractivity contribution in [1.29, 1.82) is 0 Å². The first-order valence-corrected chi connectivity index (χ1v) is 7.19. The first-order valence-electron chi connectivity index (χ1n) is 7.19. The average Bonchev–Trinajstić information content (AvgIpc) is 3.19. The van der Waals surface area contributed by atoms with Crippen molar-refractivity contribution in [3.05, 3.63) is 35.4 Å². The highest BCUT2D eigenvalue weighted by atomic mass is 16.2. The fourth-order valence-corrected chi connectivity index (χ4v) is 2.25. The van der Waals surface area contributed by atoms with Crippen LogP contribution < -0.4 is 10.6 Å². The fourth-order valence-electron chi connectivity index (χ4n) is 2.25. The van der Waals surface area contributed by atoms with Crippen molar-refractivity contribution in [1.82, 2.24) is 10.6 Å². The van der Waals surface area contributed by atoms with Gasteiger partial charge in [-0.15, -0.1) is 0 Å². The number of carbonyl (C=O) groups is 1. The molecule has 1 saturated carbocycles. The first kappa shape index (κ1) is 14.1. The lowest BCUT2D eigenvalue weighted by atomic mass is 10.0. The number of carbonyl (C=O) groups excluding carboxylic acids is 1. The van der Waals surface area contributed by atoms with Crippen LogP contribution >= 0.6 is 0 Å². The summed E-state index contributed by atoms with van der Waals surface area (Å²) in [6, 6.07) is 8.58. The molecular formula is C16H24N2O. The Hall–Kier alpha value is -1.35. The Morgan fingerprint density at radius 3 is 2.58 bits per heavy atom. The van der Waals surface area contributed by atoms with Gasteiger partial charge in [-0.05, 0) is 50.7 Å². The second kappa shape index (κ2) is 6.20. The van der Waals surface area contributed by atoms with Crippen molar-refractivity contribution in [2.75, 3.05) is 0 Å². The third-order valence-corrected chi connectivity index (χ3v) is 3.50. The molecule has 1 aliphatic carbocycles. The zero-order valence-electron chi connectivity index (χ0n) is 12.1. The van der Waals surface area contributed by atoms with Crippen LogP contribution in [0, 0.1) is 0 Å². The summed E-state index contributed by atoms with van der Waals surface area (Å²) in [5.74, 6) is 0.816. The summed E-state index contributed by atoms with van der Waals surface area (Å²) in [7, 11) is 0. The summed E-state index contributed by atoms with van der Waals surface area (Å²) in [5.41, 5.74) is 2.78. The van der Waals surface area contributed by atoms with Crippen LogP contribution in [0.2, 0.25) is 0 Å². The first-order chi connectivity index (χ1) is 9.08. The van der Waals surface area contributed by atoms with E-state index in [0.717, 1.165) is 12.5 Å². The summed E-state index contributed by atoms with van der Waals surface area (Å²) < 4.78 is 0. The van der Waals surface area contributed by atoms with E-state index < -0.39 is 0 Å². The molecule has 1 fully saturated rings. The molecule has 0 spiro atoms. The van der Waals surface area contributed by atoms with E-state index in [9.17, 15) is 4.79 Å². The molecule has 1 aromatic carbocycles. The molecule has 1 atom stereocenters. The Balaban J connectivity index is 1.89. The van der Waals surface area contributed by atoms with Crippen molar-refractivity contribution >= 4 is 5.91 Å². The Bertz CT molecular complexity index is 438. The van der Waals surface area contributed by atoms with Crippen LogP contribution in [0.15, 0.2) is 24.3 Å². The fraction of sp³-hybridized carbons (Fsp3) is 0.562. The van der Waals surface area contributed by atoms with Crippen LogP contribution in [0.5, 0.6) is 0 Å². The minimum atomic E-state index is -0.158.